The van der Waals surface area contributed by atoms with E-state index in [1.165, 1.54) is 212 Å². The maximum atomic E-state index is 12.9. The van der Waals surface area contributed by atoms with E-state index in [0.29, 0.717) is 19.3 Å². The van der Waals surface area contributed by atoms with Gasteiger partial charge in [0.15, 0.2) is 6.10 Å². The minimum atomic E-state index is -0.781. The van der Waals surface area contributed by atoms with Crippen LogP contribution in [0.2, 0.25) is 0 Å². The molecule has 6 heteroatoms. The lowest BCUT2D eigenvalue weighted by Gasteiger charge is -2.18. The van der Waals surface area contributed by atoms with E-state index in [1.54, 1.807) is 0 Å². The molecule has 464 valence electrons. The van der Waals surface area contributed by atoms with E-state index in [2.05, 4.69) is 93.7 Å². The largest absolute Gasteiger partial charge is 0.462 e. The van der Waals surface area contributed by atoms with Crippen LogP contribution in [0.1, 0.15) is 361 Å². The van der Waals surface area contributed by atoms with Gasteiger partial charge in [-0.15, -0.1) is 0 Å². The van der Waals surface area contributed by atoms with E-state index in [1.807, 2.05) is 0 Å². The Bertz CT molecular complexity index is 1470. The first kappa shape index (κ1) is 76.9. The first-order valence-corrected chi connectivity index (χ1v) is 34.9. The Hall–Kier alpha value is -3.15. The maximum Gasteiger partial charge on any atom is 0.306 e. The Morgan fingerprint density at radius 2 is 0.487 bits per heavy atom. The minimum Gasteiger partial charge on any atom is -0.462 e. The third-order valence-electron chi connectivity index (χ3n) is 15.5. The Morgan fingerprint density at radius 3 is 0.762 bits per heavy atom. The minimum absolute atomic E-state index is 0.0772. The van der Waals surface area contributed by atoms with Crippen LogP contribution < -0.4 is 0 Å². The molecule has 0 aromatic rings. The quantitative estimate of drug-likeness (QED) is 0.0261. The highest BCUT2D eigenvalue weighted by molar-refractivity contribution is 5.71. The summed E-state index contributed by atoms with van der Waals surface area (Å²) in [4.78, 5) is 38.3. The summed E-state index contributed by atoms with van der Waals surface area (Å²) in [6, 6.07) is 0. The van der Waals surface area contributed by atoms with Crippen LogP contribution in [0.4, 0.5) is 0 Å². The summed E-state index contributed by atoms with van der Waals surface area (Å²) in [6.07, 6.45) is 89.5. The Balaban J connectivity index is 4.16. The molecule has 0 rings (SSSR count). The van der Waals surface area contributed by atoms with Crippen LogP contribution in [0.25, 0.3) is 0 Å². The van der Waals surface area contributed by atoms with Crippen molar-refractivity contribution in [2.45, 2.75) is 367 Å². The summed E-state index contributed by atoms with van der Waals surface area (Å²) in [6.45, 7) is 6.55. The molecule has 1 unspecified atom stereocenters. The second kappa shape index (κ2) is 68.3. The number of hydrogen-bond acceptors (Lipinski definition) is 6. The number of hydrogen-bond donors (Lipinski definition) is 0. The van der Waals surface area contributed by atoms with Crippen molar-refractivity contribution in [3.63, 3.8) is 0 Å². The van der Waals surface area contributed by atoms with E-state index in [-0.39, 0.29) is 31.1 Å². The van der Waals surface area contributed by atoms with Gasteiger partial charge in [0.1, 0.15) is 13.2 Å². The van der Waals surface area contributed by atoms with Crippen LogP contribution in [-0.2, 0) is 28.6 Å². The Kier molecular flexibility index (Phi) is 65.7. The van der Waals surface area contributed by atoms with Crippen molar-refractivity contribution in [3.8, 4) is 0 Å². The van der Waals surface area contributed by atoms with E-state index in [9.17, 15) is 14.4 Å². The SMILES string of the molecule is CC/C=C\C/C=C\C/C=C\C/C=C\C/C=C\C/C=C\CCCCCCCCC(=O)OC(COC(=O)CCCCCCCCCCC)COC(=O)CCCCCCCCCCCCCCCCCCCCCCCCCCCCCC. The summed E-state index contributed by atoms with van der Waals surface area (Å²) in [5.41, 5.74) is 0. The molecule has 1 atom stereocenters. The molecule has 0 bridgehead atoms. The van der Waals surface area contributed by atoms with Crippen LogP contribution in [0.3, 0.4) is 0 Å². The van der Waals surface area contributed by atoms with Crippen molar-refractivity contribution in [1.82, 2.24) is 0 Å². The van der Waals surface area contributed by atoms with Crippen molar-refractivity contribution in [2.75, 3.05) is 13.2 Å². The molecular weight excluding hydrogens is 985 g/mol. The number of rotatable bonds is 64. The highest BCUT2D eigenvalue weighted by atomic mass is 16.6. The molecule has 0 radical (unpaired) electrons. The fourth-order valence-corrected chi connectivity index (χ4v) is 10.3. The van der Waals surface area contributed by atoms with Crippen molar-refractivity contribution >= 4 is 17.9 Å². The predicted octanol–water partition coefficient (Wildman–Crippen LogP) is 24.1. The van der Waals surface area contributed by atoms with E-state index in [4.69, 9.17) is 14.2 Å². The highest BCUT2D eigenvalue weighted by Gasteiger charge is 2.19. The van der Waals surface area contributed by atoms with Gasteiger partial charge in [-0.2, -0.15) is 0 Å². The van der Waals surface area contributed by atoms with Gasteiger partial charge in [0.05, 0.1) is 0 Å². The second-order valence-corrected chi connectivity index (χ2v) is 23.4. The lowest BCUT2D eigenvalue weighted by atomic mass is 10.0. The van der Waals surface area contributed by atoms with E-state index in [0.717, 1.165) is 109 Å². The van der Waals surface area contributed by atoms with Crippen LogP contribution in [0, 0.1) is 0 Å². The number of carbonyl (C=O) groups excluding carboxylic acids is 3. The average Bonchev–Trinajstić information content (AvgIpc) is 3.46. The molecule has 0 heterocycles. The van der Waals surface area contributed by atoms with Gasteiger partial charge in [-0.25, -0.2) is 0 Å². The molecule has 0 aliphatic carbocycles. The first-order chi connectivity index (χ1) is 39.5. The van der Waals surface area contributed by atoms with Gasteiger partial charge in [0, 0.05) is 19.3 Å². The monoisotopic (exact) mass is 1120 g/mol. The molecule has 0 saturated heterocycles. The molecule has 0 amide bonds. The van der Waals surface area contributed by atoms with Gasteiger partial charge in [-0.3, -0.25) is 14.4 Å². The second-order valence-electron chi connectivity index (χ2n) is 23.4. The molecule has 0 N–H and O–H groups in total. The summed E-state index contributed by atoms with van der Waals surface area (Å²) in [5.74, 6) is -0.876. The van der Waals surface area contributed by atoms with Crippen LogP contribution >= 0.6 is 0 Å². The van der Waals surface area contributed by atoms with Gasteiger partial charge < -0.3 is 14.2 Å². The zero-order valence-corrected chi connectivity index (χ0v) is 53.3. The normalized spacial score (nSPS) is 12.5. The zero-order valence-electron chi connectivity index (χ0n) is 53.3. The number of ether oxygens (including phenoxy) is 3. The van der Waals surface area contributed by atoms with Gasteiger partial charge >= 0.3 is 17.9 Å². The topological polar surface area (TPSA) is 78.9 Å². The first-order valence-electron chi connectivity index (χ1n) is 34.9. The van der Waals surface area contributed by atoms with E-state index < -0.39 is 6.10 Å². The maximum absolute atomic E-state index is 12.9. The van der Waals surface area contributed by atoms with Crippen molar-refractivity contribution in [2.24, 2.45) is 0 Å². The number of unbranched alkanes of at least 4 members (excludes halogenated alkanes) is 41. The molecule has 0 aromatic heterocycles. The van der Waals surface area contributed by atoms with Crippen molar-refractivity contribution in [3.05, 3.63) is 72.9 Å². The third kappa shape index (κ3) is 65.7. The van der Waals surface area contributed by atoms with Crippen molar-refractivity contribution in [1.29, 1.82) is 0 Å². The molecule has 6 nitrogen and oxygen atoms in total. The Labute approximate surface area is 497 Å². The zero-order chi connectivity index (χ0) is 57.8. The van der Waals surface area contributed by atoms with E-state index >= 15 is 0 Å². The average molecular weight is 1120 g/mol. The molecule has 80 heavy (non-hydrogen) atoms. The van der Waals surface area contributed by atoms with Crippen LogP contribution in [0.15, 0.2) is 72.9 Å². The Morgan fingerprint density at radius 1 is 0.263 bits per heavy atom. The standard InChI is InChI=1S/C74H132O6/c1-4-7-10-13-16-19-21-23-25-27-29-31-33-35-36-37-39-40-42-44-46-48-50-52-55-58-61-64-67-73(76)79-70-71(69-78-72(75)66-63-60-57-54-18-15-12-9-6-3)80-74(77)68-65-62-59-56-53-51-49-47-45-43-41-38-34-32-30-28-26-24-22-20-17-14-11-8-5-2/h8,11,17,20,24,26,30,32,38,41,45,47,71H,4-7,9-10,12-16,18-19,21-23,25,27-29,31,33-37,39-40,42-44,46,48-70H2,1-3H3/b11-8-,20-17-,26-24-,32-30-,41-38-,47-45-. The van der Waals surface area contributed by atoms with Gasteiger partial charge in [0.25, 0.3) is 0 Å². The predicted molar refractivity (Wildman–Crippen MR) is 348 cm³/mol. The molecule has 0 fully saturated rings. The lowest BCUT2D eigenvalue weighted by molar-refractivity contribution is -0.167. The number of allylic oxidation sites excluding steroid dienone is 12. The molecule has 0 aliphatic heterocycles. The summed E-state index contributed by atoms with van der Waals surface area (Å²) in [5, 5.41) is 0. The third-order valence-corrected chi connectivity index (χ3v) is 15.5. The van der Waals surface area contributed by atoms with Crippen molar-refractivity contribution < 1.29 is 28.6 Å². The highest BCUT2D eigenvalue weighted by Crippen LogP contribution is 2.18. The fraction of sp³-hybridized carbons (Fsp3) is 0.797. The smallest absolute Gasteiger partial charge is 0.306 e. The molecule has 0 aromatic carbocycles. The molecule has 0 saturated carbocycles. The molecular formula is C74H132O6. The van der Waals surface area contributed by atoms with Crippen LogP contribution in [0.5, 0.6) is 0 Å². The number of esters is 3. The summed E-state index contributed by atoms with van der Waals surface area (Å²) in [7, 11) is 0. The fourth-order valence-electron chi connectivity index (χ4n) is 10.3. The number of carbonyl (C=O) groups is 3. The molecule has 0 aliphatic rings. The lowest BCUT2D eigenvalue weighted by Crippen LogP contribution is -2.30. The molecule has 0 spiro atoms. The summed E-state index contributed by atoms with van der Waals surface area (Å²) < 4.78 is 16.9. The summed E-state index contributed by atoms with van der Waals surface area (Å²) >= 11 is 0. The van der Waals surface area contributed by atoms with Gasteiger partial charge in [-0.1, -0.05) is 344 Å². The van der Waals surface area contributed by atoms with Gasteiger partial charge in [-0.05, 0) is 70.6 Å². The van der Waals surface area contributed by atoms with Crippen LogP contribution in [-0.4, -0.2) is 37.2 Å². The van der Waals surface area contributed by atoms with Gasteiger partial charge in [0.2, 0.25) is 0 Å².